The number of rotatable bonds is 4. The number of carbonyl (C=O) groups excluding carboxylic acids is 1. The van der Waals surface area contributed by atoms with Crippen molar-refractivity contribution >= 4 is 15.9 Å². The van der Waals surface area contributed by atoms with Gasteiger partial charge in [0.25, 0.3) is 0 Å². The molecule has 0 aromatic heterocycles. The molecule has 7 heteroatoms. The van der Waals surface area contributed by atoms with Gasteiger partial charge in [-0.1, -0.05) is 0 Å². The fourth-order valence-electron chi connectivity index (χ4n) is 2.54. The third-order valence-electron chi connectivity index (χ3n) is 3.46. The average molecular weight is 276 g/mol. The van der Waals surface area contributed by atoms with Crippen molar-refractivity contribution in [1.82, 2.24) is 9.62 Å². The highest BCUT2D eigenvalue weighted by Crippen LogP contribution is 2.20. The molecule has 18 heavy (non-hydrogen) atoms. The van der Waals surface area contributed by atoms with Crippen LogP contribution in [0.4, 0.5) is 0 Å². The predicted molar refractivity (Wildman–Crippen MR) is 66.6 cm³/mol. The molecule has 0 aromatic rings. The van der Waals surface area contributed by atoms with Gasteiger partial charge in [0.05, 0.1) is 12.4 Å². The van der Waals surface area contributed by atoms with Crippen LogP contribution in [0.25, 0.3) is 0 Å². The summed E-state index contributed by atoms with van der Waals surface area (Å²) < 4.78 is 29.8. The number of hydrogen-bond donors (Lipinski definition) is 1. The molecule has 2 fully saturated rings. The third-order valence-corrected chi connectivity index (χ3v) is 4.75. The van der Waals surface area contributed by atoms with Gasteiger partial charge in [-0.15, -0.1) is 0 Å². The van der Waals surface area contributed by atoms with Gasteiger partial charge in [-0.3, -0.25) is 4.79 Å². The summed E-state index contributed by atoms with van der Waals surface area (Å²) in [6.07, 6.45) is 4.57. The van der Waals surface area contributed by atoms with Crippen molar-refractivity contribution in [1.29, 1.82) is 0 Å². The molecule has 1 N–H and O–H groups in total. The Hall–Kier alpha value is -0.660. The van der Waals surface area contributed by atoms with Gasteiger partial charge in [0.1, 0.15) is 6.04 Å². The Labute approximate surface area is 108 Å². The molecule has 0 spiro atoms. The average Bonchev–Trinajstić information content (AvgIpc) is 2.95. The maximum atomic E-state index is 12.0. The SMILES string of the molecule is CS(=O)(=O)N1CCC[C@H]1C(=O)NC[C@@H]1CCCO1. The van der Waals surface area contributed by atoms with Crippen LogP contribution in [0.3, 0.4) is 0 Å². The molecule has 2 aliphatic rings. The molecule has 0 aliphatic carbocycles. The van der Waals surface area contributed by atoms with Crippen LogP contribution in [0.15, 0.2) is 0 Å². The highest BCUT2D eigenvalue weighted by molar-refractivity contribution is 7.88. The van der Waals surface area contributed by atoms with Crippen LogP contribution in [0.1, 0.15) is 25.7 Å². The molecule has 6 nitrogen and oxygen atoms in total. The first-order valence-electron chi connectivity index (χ1n) is 6.34. The lowest BCUT2D eigenvalue weighted by Crippen LogP contribution is -2.47. The standard InChI is InChI=1S/C11H20N2O4S/c1-18(15,16)13-6-2-5-10(13)11(14)12-8-9-4-3-7-17-9/h9-10H,2-8H2,1H3,(H,12,14)/t9-,10-/m0/s1. The first-order chi connectivity index (χ1) is 8.48. The van der Waals surface area contributed by atoms with Crippen molar-refractivity contribution in [2.75, 3.05) is 26.0 Å². The largest absolute Gasteiger partial charge is 0.376 e. The van der Waals surface area contributed by atoms with Crippen LogP contribution >= 0.6 is 0 Å². The van der Waals surface area contributed by atoms with E-state index < -0.39 is 16.1 Å². The Morgan fingerprint density at radius 1 is 1.39 bits per heavy atom. The number of hydrogen-bond acceptors (Lipinski definition) is 4. The zero-order valence-corrected chi connectivity index (χ0v) is 11.4. The number of ether oxygens (including phenoxy) is 1. The molecule has 1 amide bonds. The zero-order valence-electron chi connectivity index (χ0n) is 10.6. The number of amides is 1. The summed E-state index contributed by atoms with van der Waals surface area (Å²) in [5.74, 6) is -0.201. The fraction of sp³-hybridized carbons (Fsp3) is 0.909. The number of nitrogens with zero attached hydrogens (tertiary/aromatic N) is 1. The van der Waals surface area contributed by atoms with E-state index in [1.807, 2.05) is 0 Å². The van der Waals surface area contributed by atoms with Gasteiger partial charge in [-0.25, -0.2) is 8.42 Å². The quantitative estimate of drug-likeness (QED) is 0.765. The van der Waals surface area contributed by atoms with Gasteiger partial charge >= 0.3 is 0 Å². The molecular formula is C11H20N2O4S. The van der Waals surface area contributed by atoms with E-state index in [1.165, 1.54) is 4.31 Å². The lowest BCUT2D eigenvalue weighted by molar-refractivity contribution is -0.124. The normalized spacial score (nSPS) is 29.6. The van der Waals surface area contributed by atoms with E-state index in [0.29, 0.717) is 19.5 Å². The summed E-state index contributed by atoms with van der Waals surface area (Å²) >= 11 is 0. The van der Waals surface area contributed by atoms with Gasteiger partial charge in [0, 0.05) is 19.7 Å². The minimum Gasteiger partial charge on any atom is -0.376 e. The molecule has 0 radical (unpaired) electrons. The van der Waals surface area contributed by atoms with Crippen molar-refractivity contribution in [3.63, 3.8) is 0 Å². The van der Waals surface area contributed by atoms with Crippen molar-refractivity contribution in [3.8, 4) is 0 Å². The van der Waals surface area contributed by atoms with E-state index in [4.69, 9.17) is 4.74 Å². The fourth-order valence-corrected chi connectivity index (χ4v) is 3.66. The summed E-state index contributed by atoms with van der Waals surface area (Å²) in [7, 11) is -3.29. The second kappa shape index (κ2) is 5.54. The molecule has 2 rings (SSSR count). The molecule has 2 aliphatic heterocycles. The van der Waals surface area contributed by atoms with Crippen molar-refractivity contribution in [2.45, 2.75) is 37.8 Å². The third kappa shape index (κ3) is 3.21. The molecule has 0 saturated carbocycles. The maximum absolute atomic E-state index is 12.0. The van der Waals surface area contributed by atoms with E-state index in [-0.39, 0.29) is 12.0 Å². The van der Waals surface area contributed by atoms with Gasteiger partial charge in [-0.05, 0) is 25.7 Å². The molecule has 0 bridgehead atoms. The Kier molecular flexibility index (Phi) is 4.24. The highest BCUT2D eigenvalue weighted by atomic mass is 32.2. The molecule has 2 atom stereocenters. The summed E-state index contributed by atoms with van der Waals surface area (Å²) in [5.41, 5.74) is 0. The van der Waals surface area contributed by atoms with E-state index in [1.54, 1.807) is 0 Å². The second-order valence-corrected chi connectivity index (χ2v) is 6.85. The van der Waals surface area contributed by atoms with Gasteiger partial charge in [-0.2, -0.15) is 4.31 Å². The molecule has 0 aromatic carbocycles. The maximum Gasteiger partial charge on any atom is 0.238 e. The van der Waals surface area contributed by atoms with Gasteiger partial charge in [0.15, 0.2) is 0 Å². The van der Waals surface area contributed by atoms with Crippen LogP contribution in [0.2, 0.25) is 0 Å². The monoisotopic (exact) mass is 276 g/mol. The van der Waals surface area contributed by atoms with Gasteiger partial charge < -0.3 is 10.1 Å². The highest BCUT2D eigenvalue weighted by Gasteiger charge is 2.36. The topological polar surface area (TPSA) is 75.7 Å². The lowest BCUT2D eigenvalue weighted by atomic mass is 10.2. The van der Waals surface area contributed by atoms with Crippen LogP contribution in [0.5, 0.6) is 0 Å². The van der Waals surface area contributed by atoms with Crippen LogP contribution in [-0.4, -0.2) is 56.7 Å². The van der Waals surface area contributed by atoms with E-state index in [0.717, 1.165) is 32.1 Å². The lowest BCUT2D eigenvalue weighted by Gasteiger charge is -2.22. The van der Waals surface area contributed by atoms with Crippen molar-refractivity contribution < 1.29 is 17.9 Å². The number of sulfonamides is 1. The number of carbonyl (C=O) groups is 1. The Bertz CT molecular complexity index is 403. The first kappa shape index (κ1) is 13.8. The van der Waals surface area contributed by atoms with Crippen molar-refractivity contribution in [3.05, 3.63) is 0 Å². The Morgan fingerprint density at radius 3 is 2.78 bits per heavy atom. The zero-order chi connectivity index (χ0) is 13.2. The molecule has 0 unspecified atom stereocenters. The van der Waals surface area contributed by atoms with Gasteiger partial charge in [0.2, 0.25) is 15.9 Å². The predicted octanol–water partition coefficient (Wildman–Crippen LogP) is -0.294. The molecule has 2 saturated heterocycles. The van der Waals surface area contributed by atoms with Crippen LogP contribution < -0.4 is 5.32 Å². The first-order valence-corrected chi connectivity index (χ1v) is 8.19. The molecular weight excluding hydrogens is 256 g/mol. The summed E-state index contributed by atoms with van der Waals surface area (Å²) in [5, 5.41) is 2.80. The Balaban J connectivity index is 1.87. The molecule has 2 heterocycles. The minimum absolute atomic E-state index is 0.0852. The molecule has 104 valence electrons. The summed E-state index contributed by atoms with van der Waals surface area (Å²) in [4.78, 5) is 12.0. The Morgan fingerprint density at radius 2 is 2.17 bits per heavy atom. The summed E-state index contributed by atoms with van der Waals surface area (Å²) in [6.45, 7) is 1.67. The second-order valence-electron chi connectivity index (χ2n) is 4.91. The smallest absolute Gasteiger partial charge is 0.238 e. The van der Waals surface area contributed by atoms with E-state index in [9.17, 15) is 13.2 Å². The van der Waals surface area contributed by atoms with Crippen molar-refractivity contribution in [2.24, 2.45) is 0 Å². The van der Waals surface area contributed by atoms with Crippen LogP contribution in [0, 0.1) is 0 Å². The minimum atomic E-state index is -3.29. The van der Waals surface area contributed by atoms with Crippen LogP contribution in [-0.2, 0) is 19.6 Å². The van der Waals surface area contributed by atoms with E-state index >= 15 is 0 Å². The summed E-state index contributed by atoms with van der Waals surface area (Å²) in [6, 6.07) is -0.540. The number of nitrogens with one attached hydrogen (secondary N) is 1. The van der Waals surface area contributed by atoms with E-state index in [2.05, 4.69) is 5.32 Å².